The molecule has 0 aliphatic carbocycles. The third kappa shape index (κ3) is 7.38. The minimum atomic E-state index is -0.868. The van der Waals surface area contributed by atoms with E-state index in [0.717, 1.165) is 5.56 Å². The van der Waals surface area contributed by atoms with Crippen LogP contribution in [0.4, 0.5) is 0 Å². The quantitative estimate of drug-likeness (QED) is 0.495. The van der Waals surface area contributed by atoms with E-state index in [2.05, 4.69) is 15.6 Å². The summed E-state index contributed by atoms with van der Waals surface area (Å²) in [5.74, 6) is 0.773. The van der Waals surface area contributed by atoms with Crippen LogP contribution in [0.5, 0.6) is 11.5 Å². The first-order valence-corrected chi connectivity index (χ1v) is 13.0. The molecular formula is C29H34N4O7. The van der Waals surface area contributed by atoms with Crippen molar-refractivity contribution in [3.05, 3.63) is 65.5 Å². The fraction of sp³-hybridized carbons (Fsp3) is 0.379. The minimum absolute atomic E-state index is 0.104. The van der Waals surface area contributed by atoms with Crippen molar-refractivity contribution in [3.8, 4) is 23.0 Å². The SMILES string of the molecule is COCC(=O)N1CCCOc2cc(ccc2OC)-c2nc(c(C)o2)CNC(=O)[C@@H](Cc2ccccc2)NC(=O)C1. The van der Waals surface area contributed by atoms with Crippen LogP contribution in [0, 0.1) is 6.92 Å². The molecule has 40 heavy (non-hydrogen) atoms. The lowest BCUT2D eigenvalue weighted by Crippen LogP contribution is -2.51. The second kappa shape index (κ2) is 13.6. The molecule has 1 atom stereocenters. The third-order valence-corrected chi connectivity index (χ3v) is 6.45. The average Bonchev–Trinajstić information content (AvgIpc) is 3.33. The third-order valence-electron chi connectivity index (χ3n) is 6.45. The Labute approximate surface area is 232 Å². The molecule has 0 spiro atoms. The Morgan fingerprint density at radius 1 is 1.15 bits per heavy atom. The van der Waals surface area contributed by atoms with Gasteiger partial charge in [0.15, 0.2) is 11.5 Å². The first-order valence-electron chi connectivity index (χ1n) is 13.0. The van der Waals surface area contributed by atoms with E-state index in [1.807, 2.05) is 36.4 Å². The summed E-state index contributed by atoms with van der Waals surface area (Å²) in [5, 5.41) is 5.68. The fourth-order valence-electron chi connectivity index (χ4n) is 4.35. The van der Waals surface area contributed by atoms with Crippen LogP contribution in [0.2, 0.25) is 0 Å². The van der Waals surface area contributed by atoms with Gasteiger partial charge in [-0.15, -0.1) is 0 Å². The zero-order chi connectivity index (χ0) is 28.5. The lowest BCUT2D eigenvalue weighted by molar-refractivity contribution is -0.139. The summed E-state index contributed by atoms with van der Waals surface area (Å²) in [4.78, 5) is 45.1. The number of carbonyl (C=O) groups is 3. The number of oxazole rings is 1. The molecule has 11 heteroatoms. The topological polar surface area (TPSA) is 132 Å². The molecule has 3 aromatic rings. The van der Waals surface area contributed by atoms with Gasteiger partial charge in [-0.1, -0.05) is 30.3 Å². The summed E-state index contributed by atoms with van der Waals surface area (Å²) in [6.07, 6.45) is 0.711. The number of fused-ring (bicyclic) bond motifs is 5. The summed E-state index contributed by atoms with van der Waals surface area (Å²) in [5.41, 5.74) is 2.12. The molecule has 0 saturated heterocycles. The second-order valence-electron chi connectivity index (χ2n) is 9.37. The van der Waals surface area contributed by atoms with Gasteiger partial charge in [-0.25, -0.2) is 4.98 Å². The number of benzene rings is 2. The number of hydrogen-bond acceptors (Lipinski definition) is 8. The number of nitrogens with one attached hydrogen (secondary N) is 2. The van der Waals surface area contributed by atoms with Gasteiger partial charge in [0.05, 0.1) is 26.8 Å². The van der Waals surface area contributed by atoms with E-state index in [1.165, 1.54) is 12.0 Å². The van der Waals surface area contributed by atoms with Crippen LogP contribution >= 0.6 is 0 Å². The Morgan fingerprint density at radius 3 is 2.70 bits per heavy atom. The predicted octanol–water partition coefficient (Wildman–Crippen LogP) is 2.26. The molecule has 3 amide bonds. The van der Waals surface area contributed by atoms with Crippen LogP contribution in [0.3, 0.4) is 0 Å². The number of rotatable bonds is 5. The Hall–Kier alpha value is -4.38. The Balaban J connectivity index is 1.64. The Bertz CT molecular complexity index is 1330. The van der Waals surface area contributed by atoms with E-state index in [0.29, 0.717) is 40.8 Å². The highest BCUT2D eigenvalue weighted by atomic mass is 16.5. The lowest BCUT2D eigenvalue weighted by atomic mass is 10.1. The molecule has 1 aromatic heterocycles. The average molecular weight is 551 g/mol. The summed E-state index contributed by atoms with van der Waals surface area (Å²) >= 11 is 0. The van der Waals surface area contributed by atoms with Crippen LogP contribution in [-0.2, 0) is 32.1 Å². The van der Waals surface area contributed by atoms with Crippen LogP contribution in [0.15, 0.2) is 52.9 Å². The van der Waals surface area contributed by atoms with E-state index in [4.69, 9.17) is 18.6 Å². The van der Waals surface area contributed by atoms with Crippen LogP contribution in [-0.4, -0.2) is 74.2 Å². The number of hydrogen-bond donors (Lipinski definition) is 2. The number of aromatic nitrogens is 1. The van der Waals surface area contributed by atoms with Gasteiger partial charge in [0.2, 0.25) is 23.6 Å². The highest BCUT2D eigenvalue weighted by Crippen LogP contribution is 2.33. The monoisotopic (exact) mass is 550 g/mol. The molecule has 0 unspecified atom stereocenters. The van der Waals surface area contributed by atoms with Crippen molar-refractivity contribution in [2.45, 2.75) is 32.4 Å². The summed E-state index contributed by atoms with van der Waals surface area (Å²) in [6, 6.07) is 13.9. The first kappa shape index (κ1) is 28.6. The molecule has 0 fully saturated rings. The van der Waals surface area contributed by atoms with Gasteiger partial charge in [0.1, 0.15) is 24.1 Å². The van der Waals surface area contributed by atoms with Gasteiger partial charge in [-0.2, -0.15) is 0 Å². The number of nitrogens with zero attached hydrogens (tertiary/aromatic N) is 2. The molecule has 2 heterocycles. The minimum Gasteiger partial charge on any atom is -0.493 e. The maximum Gasteiger partial charge on any atom is 0.249 e. The Kier molecular flexibility index (Phi) is 9.74. The number of ether oxygens (including phenoxy) is 3. The van der Waals surface area contributed by atoms with Crippen molar-refractivity contribution >= 4 is 17.7 Å². The van der Waals surface area contributed by atoms with Gasteiger partial charge < -0.3 is 34.2 Å². The first-order chi connectivity index (χ1) is 19.4. The molecule has 212 valence electrons. The molecule has 1 aliphatic rings. The maximum atomic E-state index is 13.3. The van der Waals surface area contributed by atoms with Gasteiger partial charge in [-0.05, 0) is 37.1 Å². The number of carbonyl (C=O) groups excluding carboxylic acids is 3. The molecule has 4 rings (SSSR count). The molecule has 1 aliphatic heterocycles. The van der Waals surface area contributed by atoms with Crippen molar-refractivity contribution in [1.29, 1.82) is 0 Å². The normalized spacial score (nSPS) is 16.7. The number of methoxy groups -OCH3 is 2. The molecule has 0 radical (unpaired) electrons. The molecule has 11 nitrogen and oxygen atoms in total. The summed E-state index contributed by atoms with van der Waals surface area (Å²) in [7, 11) is 2.96. The van der Waals surface area contributed by atoms with E-state index >= 15 is 0 Å². The largest absolute Gasteiger partial charge is 0.493 e. The van der Waals surface area contributed by atoms with Crippen LogP contribution < -0.4 is 20.1 Å². The lowest BCUT2D eigenvalue weighted by Gasteiger charge is -2.24. The maximum absolute atomic E-state index is 13.3. The van der Waals surface area contributed by atoms with E-state index in [1.54, 1.807) is 26.2 Å². The second-order valence-corrected chi connectivity index (χ2v) is 9.37. The molecular weight excluding hydrogens is 516 g/mol. The summed E-state index contributed by atoms with van der Waals surface area (Å²) < 4.78 is 22.3. The van der Waals surface area contributed by atoms with Gasteiger partial charge in [-0.3, -0.25) is 14.4 Å². The molecule has 4 bridgehead atoms. The zero-order valence-electron chi connectivity index (χ0n) is 22.9. The van der Waals surface area contributed by atoms with E-state index in [9.17, 15) is 14.4 Å². The van der Waals surface area contributed by atoms with Crippen molar-refractivity contribution in [2.75, 3.05) is 40.5 Å². The number of aryl methyl sites for hydroxylation is 1. The van der Waals surface area contributed by atoms with E-state index in [-0.39, 0.29) is 51.1 Å². The van der Waals surface area contributed by atoms with Crippen LogP contribution in [0.25, 0.3) is 11.5 Å². The highest BCUT2D eigenvalue weighted by Gasteiger charge is 2.25. The smallest absolute Gasteiger partial charge is 0.249 e. The van der Waals surface area contributed by atoms with Gasteiger partial charge >= 0.3 is 0 Å². The zero-order valence-corrected chi connectivity index (χ0v) is 22.9. The molecule has 2 N–H and O–H groups in total. The number of amides is 3. The molecule has 0 saturated carbocycles. The van der Waals surface area contributed by atoms with Crippen molar-refractivity contribution in [1.82, 2.24) is 20.5 Å². The highest BCUT2D eigenvalue weighted by molar-refractivity contribution is 5.90. The van der Waals surface area contributed by atoms with Gasteiger partial charge in [0, 0.05) is 25.6 Å². The molecule has 2 aromatic carbocycles. The summed E-state index contributed by atoms with van der Waals surface area (Å²) in [6.45, 7) is 1.98. The van der Waals surface area contributed by atoms with E-state index < -0.39 is 11.9 Å². The standard InChI is InChI=1S/C29H34N4O7/c1-19-23-16-30-28(36)22(14-20-8-5-4-6-9-20)31-26(34)17-33(27(35)18-37-2)12-7-13-39-25-15-21(29(32-23)40-19)10-11-24(25)38-3/h4-6,8-11,15,22H,7,12-14,16-18H2,1-3H3,(H,30,36)(H,31,34)/t22-/m1/s1. The fourth-order valence-corrected chi connectivity index (χ4v) is 4.35. The Morgan fingerprint density at radius 2 is 1.95 bits per heavy atom. The predicted molar refractivity (Wildman–Crippen MR) is 146 cm³/mol. The van der Waals surface area contributed by atoms with Crippen LogP contribution in [0.1, 0.15) is 23.4 Å². The van der Waals surface area contributed by atoms with Gasteiger partial charge in [0.25, 0.3) is 0 Å². The van der Waals surface area contributed by atoms with Crippen molar-refractivity contribution in [3.63, 3.8) is 0 Å². The van der Waals surface area contributed by atoms with Crippen molar-refractivity contribution in [2.24, 2.45) is 0 Å². The van der Waals surface area contributed by atoms with Crippen molar-refractivity contribution < 1.29 is 33.0 Å².